The van der Waals surface area contributed by atoms with Crippen LogP contribution in [0.4, 0.5) is 0 Å². The summed E-state index contributed by atoms with van der Waals surface area (Å²) in [5.74, 6) is 0. The van der Waals surface area contributed by atoms with Crippen LogP contribution in [-0.2, 0) is 18.6 Å². The molecule has 4 nitrogen and oxygen atoms in total. The zero-order chi connectivity index (χ0) is 15.1. The Morgan fingerprint density at radius 2 is 1.10 bits per heavy atom. The topological polar surface area (TPSA) is 36.9 Å². The summed E-state index contributed by atoms with van der Waals surface area (Å²) < 4.78 is 22.0. The predicted molar refractivity (Wildman–Crippen MR) is 85.9 cm³/mol. The molecule has 0 saturated carbocycles. The molecule has 0 aromatic carbocycles. The van der Waals surface area contributed by atoms with Gasteiger partial charge in [0.05, 0.1) is 39.6 Å². The van der Waals surface area contributed by atoms with Crippen molar-refractivity contribution in [2.45, 2.75) is 52.2 Å². The van der Waals surface area contributed by atoms with Crippen LogP contribution >= 0.6 is 0 Å². The Bertz CT molecular complexity index is 195. The fourth-order valence-electron chi connectivity index (χ4n) is 1.58. The second-order valence-electron chi connectivity index (χ2n) is 5.86. The summed E-state index contributed by atoms with van der Waals surface area (Å²) >= 11 is 0. The molecule has 0 amide bonds. The van der Waals surface area contributed by atoms with Gasteiger partial charge >= 0.3 is 0 Å². The van der Waals surface area contributed by atoms with Crippen LogP contribution < -0.4 is 0 Å². The fourth-order valence-corrected chi connectivity index (χ4v) is 2.28. The van der Waals surface area contributed by atoms with Gasteiger partial charge in [0.1, 0.15) is 0 Å². The van der Waals surface area contributed by atoms with Gasteiger partial charge < -0.3 is 18.6 Å². The molecule has 20 heavy (non-hydrogen) atoms. The van der Waals surface area contributed by atoms with Crippen LogP contribution in [0.25, 0.3) is 0 Å². The van der Waals surface area contributed by atoms with Gasteiger partial charge in [-0.25, -0.2) is 0 Å². The minimum atomic E-state index is -1.39. The highest BCUT2D eigenvalue weighted by atomic mass is 28.4. The Morgan fingerprint density at radius 1 is 0.600 bits per heavy atom. The summed E-state index contributed by atoms with van der Waals surface area (Å²) in [5, 5.41) is 0. The Balaban J connectivity index is 2.99. The first-order chi connectivity index (χ1) is 9.56. The van der Waals surface area contributed by atoms with Crippen molar-refractivity contribution in [1.29, 1.82) is 0 Å². The van der Waals surface area contributed by atoms with Crippen LogP contribution in [-0.4, -0.2) is 54.6 Å². The molecule has 0 fully saturated rings. The van der Waals surface area contributed by atoms with E-state index in [1.807, 2.05) is 0 Å². The summed E-state index contributed by atoms with van der Waals surface area (Å²) in [6.07, 6.45) is 5.00. The van der Waals surface area contributed by atoms with E-state index in [4.69, 9.17) is 18.6 Å². The summed E-state index contributed by atoms with van der Waals surface area (Å²) in [7, 11) is -1.39. The molecule has 0 N–H and O–H groups in total. The molecular weight excluding hydrogens is 272 g/mol. The number of hydrogen-bond donors (Lipinski definition) is 0. The standard InChI is InChI=1S/C15H34O4Si/c1-5-6-7-8-9-16-10-11-17-12-13-18-14-15-19-20(2,3)4/h5-15H2,1-4H3. The molecule has 0 bridgehead atoms. The Morgan fingerprint density at radius 3 is 1.60 bits per heavy atom. The largest absolute Gasteiger partial charge is 0.415 e. The zero-order valence-corrected chi connectivity index (χ0v) is 14.9. The Hall–Kier alpha value is 0.0569. The van der Waals surface area contributed by atoms with Crippen molar-refractivity contribution < 1.29 is 18.6 Å². The van der Waals surface area contributed by atoms with Crippen molar-refractivity contribution >= 4 is 8.32 Å². The van der Waals surface area contributed by atoms with Crippen molar-refractivity contribution in [2.24, 2.45) is 0 Å². The minimum Gasteiger partial charge on any atom is -0.415 e. The van der Waals surface area contributed by atoms with Gasteiger partial charge in [-0.05, 0) is 26.1 Å². The third kappa shape index (κ3) is 18.1. The van der Waals surface area contributed by atoms with E-state index >= 15 is 0 Å². The van der Waals surface area contributed by atoms with E-state index in [0.29, 0.717) is 39.6 Å². The van der Waals surface area contributed by atoms with E-state index in [2.05, 4.69) is 26.6 Å². The SMILES string of the molecule is CCCCCCOCCOCCOCCO[Si](C)(C)C. The zero-order valence-electron chi connectivity index (χ0n) is 13.9. The molecule has 0 aromatic rings. The lowest BCUT2D eigenvalue weighted by atomic mass is 10.2. The first kappa shape index (κ1) is 20.1. The number of hydrogen-bond acceptors (Lipinski definition) is 4. The van der Waals surface area contributed by atoms with Crippen LogP contribution in [0.3, 0.4) is 0 Å². The molecule has 0 aliphatic heterocycles. The highest BCUT2D eigenvalue weighted by Crippen LogP contribution is 2.01. The van der Waals surface area contributed by atoms with E-state index < -0.39 is 8.32 Å². The van der Waals surface area contributed by atoms with Gasteiger partial charge in [-0.1, -0.05) is 26.2 Å². The predicted octanol–water partition coefficient (Wildman–Crippen LogP) is 3.47. The summed E-state index contributed by atoms with van der Waals surface area (Å²) in [6.45, 7) is 13.6. The van der Waals surface area contributed by atoms with Gasteiger partial charge in [-0.3, -0.25) is 0 Å². The summed E-state index contributed by atoms with van der Waals surface area (Å²) in [6, 6.07) is 0. The minimum absolute atomic E-state index is 0.631. The van der Waals surface area contributed by atoms with Crippen LogP contribution in [0.2, 0.25) is 19.6 Å². The number of rotatable bonds is 15. The van der Waals surface area contributed by atoms with Crippen LogP contribution in [0, 0.1) is 0 Å². The van der Waals surface area contributed by atoms with Crippen molar-refractivity contribution in [3.8, 4) is 0 Å². The van der Waals surface area contributed by atoms with E-state index in [1.54, 1.807) is 0 Å². The lowest BCUT2D eigenvalue weighted by Crippen LogP contribution is -2.27. The first-order valence-electron chi connectivity index (χ1n) is 7.93. The molecule has 0 aliphatic rings. The lowest BCUT2D eigenvalue weighted by Gasteiger charge is -2.16. The third-order valence-electron chi connectivity index (χ3n) is 2.65. The molecular formula is C15H34O4Si. The second-order valence-corrected chi connectivity index (χ2v) is 10.4. The molecule has 0 unspecified atom stereocenters. The van der Waals surface area contributed by atoms with Gasteiger partial charge in [0, 0.05) is 6.61 Å². The second kappa shape index (κ2) is 14.0. The highest BCUT2D eigenvalue weighted by molar-refractivity contribution is 6.69. The molecule has 0 aliphatic carbocycles. The van der Waals surface area contributed by atoms with E-state index in [0.717, 1.165) is 13.0 Å². The van der Waals surface area contributed by atoms with Crippen LogP contribution in [0.15, 0.2) is 0 Å². The first-order valence-corrected chi connectivity index (χ1v) is 11.3. The maximum absolute atomic E-state index is 5.68. The molecule has 5 heteroatoms. The molecule has 0 spiro atoms. The van der Waals surface area contributed by atoms with Crippen LogP contribution in [0.1, 0.15) is 32.6 Å². The fraction of sp³-hybridized carbons (Fsp3) is 1.00. The van der Waals surface area contributed by atoms with Crippen molar-refractivity contribution in [2.75, 3.05) is 46.2 Å². The lowest BCUT2D eigenvalue weighted by molar-refractivity contribution is 0.00835. The monoisotopic (exact) mass is 306 g/mol. The number of ether oxygens (including phenoxy) is 3. The molecule has 0 aromatic heterocycles. The third-order valence-corrected chi connectivity index (χ3v) is 3.72. The summed E-state index contributed by atoms with van der Waals surface area (Å²) in [5.41, 5.74) is 0. The number of unbranched alkanes of at least 4 members (excludes halogenated alkanes) is 3. The van der Waals surface area contributed by atoms with E-state index in [-0.39, 0.29) is 0 Å². The molecule has 0 saturated heterocycles. The van der Waals surface area contributed by atoms with Gasteiger partial charge in [0.2, 0.25) is 0 Å². The molecule has 122 valence electrons. The quantitative estimate of drug-likeness (QED) is 0.343. The molecule has 0 rings (SSSR count). The molecule has 0 heterocycles. The van der Waals surface area contributed by atoms with Crippen molar-refractivity contribution in [3.05, 3.63) is 0 Å². The average Bonchev–Trinajstić information content (AvgIpc) is 2.38. The van der Waals surface area contributed by atoms with Gasteiger partial charge in [-0.2, -0.15) is 0 Å². The van der Waals surface area contributed by atoms with Gasteiger partial charge in [0.25, 0.3) is 0 Å². The summed E-state index contributed by atoms with van der Waals surface area (Å²) in [4.78, 5) is 0. The van der Waals surface area contributed by atoms with Crippen LogP contribution in [0.5, 0.6) is 0 Å². The Labute approximate surface area is 126 Å². The van der Waals surface area contributed by atoms with E-state index in [1.165, 1.54) is 19.3 Å². The van der Waals surface area contributed by atoms with E-state index in [9.17, 15) is 0 Å². The van der Waals surface area contributed by atoms with Gasteiger partial charge in [0.15, 0.2) is 8.32 Å². The normalized spacial score (nSPS) is 12.0. The van der Waals surface area contributed by atoms with Crippen molar-refractivity contribution in [3.63, 3.8) is 0 Å². The smallest absolute Gasteiger partial charge is 0.183 e. The molecule has 0 radical (unpaired) electrons. The highest BCUT2D eigenvalue weighted by Gasteiger charge is 2.12. The van der Waals surface area contributed by atoms with Gasteiger partial charge in [-0.15, -0.1) is 0 Å². The molecule has 0 atom stereocenters. The maximum Gasteiger partial charge on any atom is 0.183 e. The Kier molecular flexibility index (Phi) is 14.1. The average molecular weight is 307 g/mol. The van der Waals surface area contributed by atoms with Crippen molar-refractivity contribution in [1.82, 2.24) is 0 Å². The maximum atomic E-state index is 5.68.